The minimum absolute atomic E-state index is 0.0425. The van der Waals surface area contributed by atoms with E-state index in [2.05, 4.69) is 25.8 Å². The highest BCUT2D eigenvalue weighted by molar-refractivity contribution is 6.46. The van der Waals surface area contributed by atoms with Gasteiger partial charge in [0.2, 0.25) is 0 Å². The lowest BCUT2D eigenvalue weighted by Crippen LogP contribution is -2.29. The van der Waals surface area contributed by atoms with Crippen LogP contribution in [0.5, 0.6) is 5.75 Å². The monoisotopic (exact) mass is 456 g/mol. The van der Waals surface area contributed by atoms with Crippen LogP contribution >= 0.6 is 0 Å². The van der Waals surface area contributed by atoms with Gasteiger partial charge in [0.1, 0.15) is 11.5 Å². The summed E-state index contributed by atoms with van der Waals surface area (Å²) in [5, 5.41) is 11.2. The maximum atomic E-state index is 13.2. The van der Waals surface area contributed by atoms with Gasteiger partial charge in [-0.2, -0.15) is 0 Å². The number of amides is 1. The lowest BCUT2D eigenvalue weighted by molar-refractivity contribution is -0.140. The molecule has 1 saturated heterocycles. The number of aliphatic hydroxyl groups is 1. The average molecular weight is 457 g/mol. The van der Waals surface area contributed by atoms with E-state index in [1.165, 1.54) is 4.90 Å². The minimum atomic E-state index is -0.726. The molecule has 2 aromatic carbocycles. The van der Waals surface area contributed by atoms with Crippen molar-refractivity contribution in [2.24, 2.45) is 0 Å². The van der Waals surface area contributed by atoms with Gasteiger partial charge >= 0.3 is 0 Å². The summed E-state index contributed by atoms with van der Waals surface area (Å²) in [6.45, 7) is 6.57. The predicted octanol–water partition coefficient (Wildman–Crippen LogP) is 5.01. The smallest absolute Gasteiger partial charge is 0.295 e. The number of carbonyl (C=O) groups excluding carboxylic acids is 2. The molecule has 0 aliphatic carbocycles. The molecule has 0 bridgehead atoms. The number of methoxy groups -OCH3 is 1. The van der Waals surface area contributed by atoms with Crippen molar-refractivity contribution < 1.29 is 19.4 Å². The summed E-state index contributed by atoms with van der Waals surface area (Å²) in [5.41, 5.74) is 3.16. The molecule has 1 N–H and O–H groups in total. The molecule has 4 rings (SSSR count). The number of nitrogens with zero attached hydrogens (tertiary/aromatic N) is 2. The molecule has 6 nitrogen and oxygen atoms in total. The number of carbonyl (C=O) groups is 2. The van der Waals surface area contributed by atoms with Gasteiger partial charge in [0, 0.05) is 24.5 Å². The number of aliphatic hydroxyl groups excluding tert-OH is 1. The summed E-state index contributed by atoms with van der Waals surface area (Å²) < 4.78 is 5.19. The Kier molecular flexibility index (Phi) is 6.24. The third kappa shape index (κ3) is 4.44. The number of hydrogen-bond acceptors (Lipinski definition) is 5. The second kappa shape index (κ2) is 9.14. The molecule has 1 fully saturated rings. The highest BCUT2D eigenvalue weighted by atomic mass is 16.5. The summed E-state index contributed by atoms with van der Waals surface area (Å²) in [6, 6.07) is 17.5. The van der Waals surface area contributed by atoms with E-state index in [1.54, 1.807) is 49.8 Å². The fourth-order valence-corrected chi connectivity index (χ4v) is 4.15. The van der Waals surface area contributed by atoms with Crippen molar-refractivity contribution in [3.8, 4) is 5.75 Å². The van der Waals surface area contributed by atoms with Crippen molar-refractivity contribution in [2.75, 3.05) is 7.11 Å². The Morgan fingerprint density at radius 3 is 2.26 bits per heavy atom. The van der Waals surface area contributed by atoms with Gasteiger partial charge < -0.3 is 14.7 Å². The van der Waals surface area contributed by atoms with Crippen molar-refractivity contribution in [2.45, 2.75) is 38.8 Å². The molecule has 1 aliphatic heterocycles. The number of rotatable bonds is 5. The Hall–Kier alpha value is -3.93. The number of ketones is 1. The maximum absolute atomic E-state index is 13.2. The second-order valence-electron chi connectivity index (χ2n) is 9.39. The van der Waals surface area contributed by atoms with Gasteiger partial charge in [0.15, 0.2) is 0 Å². The molecule has 34 heavy (non-hydrogen) atoms. The zero-order valence-corrected chi connectivity index (χ0v) is 19.8. The minimum Gasteiger partial charge on any atom is -0.507 e. The van der Waals surface area contributed by atoms with Crippen LogP contribution in [-0.2, 0) is 21.5 Å². The molecule has 1 unspecified atom stereocenters. The average Bonchev–Trinajstić information content (AvgIpc) is 3.09. The summed E-state index contributed by atoms with van der Waals surface area (Å²) >= 11 is 0. The van der Waals surface area contributed by atoms with Gasteiger partial charge in [-0.3, -0.25) is 14.6 Å². The molecule has 1 amide bonds. The number of Topliss-reactive ketones (excluding diaryl/α,β-unsaturated/α-hetero) is 1. The molecule has 6 heteroatoms. The molecule has 3 aromatic rings. The Labute approximate surface area is 199 Å². The number of ether oxygens (including phenoxy) is 1. The quantitative estimate of drug-likeness (QED) is 0.332. The Balaban J connectivity index is 1.84. The first kappa shape index (κ1) is 23.2. The molecule has 1 aliphatic rings. The van der Waals surface area contributed by atoms with E-state index in [0.717, 1.165) is 16.7 Å². The lowest BCUT2D eigenvalue weighted by atomic mass is 9.85. The molecule has 2 heterocycles. The third-order valence-electron chi connectivity index (χ3n) is 6.07. The first-order chi connectivity index (χ1) is 16.2. The highest BCUT2D eigenvalue weighted by Crippen LogP contribution is 2.41. The van der Waals surface area contributed by atoms with Crippen molar-refractivity contribution in [3.05, 3.63) is 101 Å². The van der Waals surface area contributed by atoms with Crippen molar-refractivity contribution in [3.63, 3.8) is 0 Å². The molecule has 1 atom stereocenters. The summed E-state index contributed by atoms with van der Waals surface area (Å²) in [4.78, 5) is 32.0. The molecule has 0 spiro atoms. The first-order valence-corrected chi connectivity index (χ1v) is 11.1. The van der Waals surface area contributed by atoms with Crippen LogP contribution in [0, 0.1) is 0 Å². The van der Waals surface area contributed by atoms with Gasteiger partial charge in [-0.15, -0.1) is 0 Å². The van der Waals surface area contributed by atoms with Gasteiger partial charge in [0.05, 0.1) is 18.7 Å². The molecule has 174 valence electrons. The van der Waals surface area contributed by atoms with Crippen LogP contribution in [0.3, 0.4) is 0 Å². The van der Waals surface area contributed by atoms with Crippen molar-refractivity contribution in [1.29, 1.82) is 0 Å². The van der Waals surface area contributed by atoms with E-state index >= 15 is 0 Å². The Morgan fingerprint density at radius 1 is 1.03 bits per heavy atom. The van der Waals surface area contributed by atoms with Crippen molar-refractivity contribution >= 4 is 17.4 Å². The molecule has 1 aromatic heterocycles. The van der Waals surface area contributed by atoms with Crippen molar-refractivity contribution in [1.82, 2.24) is 9.88 Å². The first-order valence-electron chi connectivity index (χ1n) is 11.1. The molecular weight excluding hydrogens is 428 g/mol. The van der Waals surface area contributed by atoms with Crippen LogP contribution in [0.1, 0.15) is 49.1 Å². The summed E-state index contributed by atoms with van der Waals surface area (Å²) in [7, 11) is 1.56. The van der Waals surface area contributed by atoms with Crippen LogP contribution < -0.4 is 4.74 Å². The largest absolute Gasteiger partial charge is 0.507 e. The van der Waals surface area contributed by atoms with Crippen LogP contribution in [-0.4, -0.2) is 33.8 Å². The number of hydrogen-bond donors (Lipinski definition) is 1. The number of pyridine rings is 1. The van der Waals surface area contributed by atoms with Gasteiger partial charge in [-0.1, -0.05) is 51.1 Å². The number of likely N-dealkylation sites (tertiary alicyclic amines) is 1. The molecule has 0 saturated carbocycles. The Morgan fingerprint density at radius 2 is 1.71 bits per heavy atom. The summed E-state index contributed by atoms with van der Waals surface area (Å²) in [6.07, 6.45) is 3.33. The van der Waals surface area contributed by atoms with E-state index in [4.69, 9.17) is 4.74 Å². The van der Waals surface area contributed by atoms with E-state index < -0.39 is 17.7 Å². The van der Waals surface area contributed by atoms with E-state index in [0.29, 0.717) is 11.3 Å². The van der Waals surface area contributed by atoms with Gasteiger partial charge in [-0.05, 0) is 52.4 Å². The van der Waals surface area contributed by atoms with Gasteiger partial charge in [-0.25, -0.2) is 0 Å². The van der Waals surface area contributed by atoms with E-state index in [9.17, 15) is 14.7 Å². The summed E-state index contributed by atoms with van der Waals surface area (Å²) in [5.74, 6) is -0.937. The fraction of sp³-hybridized carbons (Fsp3) is 0.250. The third-order valence-corrected chi connectivity index (χ3v) is 6.07. The highest BCUT2D eigenvalue weighted by Gasteiger charge is 2.46. The lowest BCUT2D eigenvalue weighted by Gasteiger charge is -2.26. The van der Waals surface area contributed by atoms with E-state index in [1.807, 2.05) is 30.3 Å². The zero-order valence-electron chi connectivity index (χ0n) is 19.8. The van der Waals surface area contributed by atoms with Crippen LogP contribution in [0.25, 0.3) is 5.76 Å². The van der Waals surface area contributed by atoms with Crippen LogP contribution in [0.15, 0.2) is 78.6 Å². The second-order valence-corrected chi connectivity index (χ2v) is 9.39. The van der Waals surface area contributed by atoms with E-state index in [-0.39, 0.29) is 23.3 Å². The topological polar surface area (TPSA) is 79.7 Å². The SMILES string of the molecule is COc1ccc(/C(O)=C2/C(=O)C(=O)N(Cc3cccnc3)C2c2ccc(C(C)(C)C)cc2)cc1. The number of aromatic nitrogens is 1. The van der Waals surface area contributed by atoms with Crippen LogP contribution in [0.4, 0.5) is 0 Å². The standard InChI is InChI=1S/C28H28N2O4/c1-28(2,3)21-11-7-19(8-12-21)24-23(25(31)20-9-13-22(34-4)14-10-20)26(32)27(33)30(24)17-18-6-5-15-29-16-18/h5-16,24,31H,17H2,1-4H3/b25-23-. The fourth-order valence-electron chi connectivity index (χ4n) is 4.15. The zero-order chi connectivity index (χ0) is 24.5. The van der Waals surface area contributed by atoms with Gasteiger partial charge in [0.25, 0.3) is 11.7 Å². The molecular formula is C28H28N2O4. The Bertz CT molecular complexity index is 1220. The molecule has 0 radical (unpaired) electrons. The number of benzene rings is 2. The normalized spacial score (nSPS) is 17.8. The maximum Gasteiger partial charge on any atom is 0.295 e. The van der Waals surface area contributed by atoms with Crippen LogP contribution in [0.2, 0.25) is 0 Å². The predicted molar refractivity (Wildman–Crippen MR) is 130 cm³/mol.